The van der Waals surface area contributed by atoms with Gasteiger partial charge in [0.1, 0.15) is 0 Å². The van der Waals surface area contributed by atoms with Crippen LogP contribution in [0.3, 0.4) is 0 Å². The van der Waals surface area contributed by atoms with Crippen LogP contribution in [0, 0.1) is 5.92 Å². The van der Waals surface area contributed by atoms with E-state index in [0.717, 1.165) is 43.8 Å². The van der Waals surface area contributed by atoms with Gasteiger partial charge in [-0.3, -0.25) is 14.7 Å². The highest BCUT2D eigenvalue weighted by molar-refractivity contribution is 8.00. The van der Waals surface area contributed by atoms with Crippen molar-refractivity contribution in [2.24, 2.45) is 5.92 Å². The number of benzene rings is 2. The fraction of sp³-hybridized carbons (Fsp3) is 0.357. The molecule has 0 bridgehead atoms. The number of piperidine rings is 1. The van der Waals surface area contributed by atoms with Crippen LogP contribution in [0.4, 0.5) is 0 Å². The van der Waals surface area contributed by atoms with Crippen molar-refractivity contribution in [1.82, 2.24) is 14.8 Å². The number of carbonyl (C=O) groups excluding carboxylic acids is 1. The minimum Gasteiger partial charge on any atom is -0.342 e. The summed E-state index contributed by atoms with van der Waals surface area (Å²) in [7, 11) is 2.23. The molecule has 2 aromatic carbocycles. The SMILES string of the molecule is CN(Cc1cccnc1)C(Cc1ccccc1)C1CCN(C(=O)CSc2ccccc2)CC1. The van der Waals surface area contributed by atoms with Crippen molar-refractivity contribution < 1.29 is 4.79 Å². The molecule has 1 aliphatic rings. The molecule has 0 radical (unpaired) electrons. The summed E-state index contributed by atoms with van der Waals surface area (Å²) in [5, 5.41) is 0. The smallest absolute Gasteiger partial charge is 0.232 e. The highest BCUT2D eigenvalue weighted by Crippen LogP contribution is 2.28. The maximum absolute atomic E-state index is 12.8. The molecule has 1 atom stereocenters. The topological polar surface area (TPSA) is 36.4 Å². The van der Waals surface area contributed by atoms with Crippen molar-refractivity contribution in [2.45, 2.75) is 36.7 Å². The van der Waals surface area contributed by atoms with E-state index in [1.807, 2.05) is 36.7 Å². The summed E-state index contributed by atoms with van der Waals surface area (Å²) in [5.41, 5.74) is 2.61. The van der Waals surface area contributed by atoms with Crippen molar-refractivity contribution in [1.29, 1.82) is 0 Å². The largest absolute Gasteiger partial charge is 0.342 e. The Bertz CT molecular complexity index is 976. The standard InChI is InChI=1S/C28H33N3OS/c1-30(21-24-11-8-16-29-20-24)27(19-23-9-4-2-5-10-23)25-14-17-31(18-15-25)28(32)22-33-26-12-6-3-7-13-26/h2-13,16,20,25,27H,14-15,17-19,21-22H2,1H3. The van der Waals surface area contributed by atoms with Crippen LogP contribution in [-0.4, -0.2) is 52.6 Å². The zero-order valence-corrected chi connectivity index (χ0v) is 20.2. The molecule has 2 heterocycles. The predicted molar refractivity (Wildman–Crippen MR) is 136 cm³/mol. The third kappa shape index (κ3) is 6.92. The summed E-state index contributed by atoms with van der Waals surface area (Å²) in [6.07, 6.45) is 6.92. The number of rotatable bonds is 9. The first-order valence-corrected chi connectivity index (χ1v) is 12.8. The molecule has 1 saturated heterocycles. The van der Waals surface area contributed by atoms with Crippen molar-refractivity contribution in [3.63, 3.8) is 0 Å². The summed E-state index contributed by atoms with van der Waals surface area (Å²) in [4.78, 5) is 22.8. The van der Waals surface area contributed by atoms with Gasteiger partial charge in [0.15, 0.2) is 0 Å². The Kier molecular flexibility index (Phi) is 8.56. The number of amides is 1. The molecule has 1 unspecified atom stereocenters. The highest BCUT2D eigenvalue weighted by atomic mass is 32.2. The number of nitrogens with zero attached hydrogens (tertiary/aromatic N) is 3. The molecular weight excluding hydrogens is 426 g/mol. The van der Waals surface area contributed by atoms with Gasteiger partial charge in [0.2, 0.25) is 5.91 Å². The Hall–Kier alpha value is -2.63. The third-order valence-corrected chi connectivity index (χ3v) is 7.55. The lowest BCUT2D eigenvalue weighted by molar-refractivity contribution is -0.130. The van der Waals surface area contributed by atoms with Gasteiger partial charge in [0, 0.05) is 43.0 Å². The second kappa shape index (κ2) is 12.0. The van der Waals surface area contributed by atoms with Gasteiger partial charge < -0.3 is 4.90 Å². The molecule has 172 valence electrons. The molecule has 5 heteroatoms. The number of aromatic nitrogens is 1. The Morgan fingerprint density at radius 3 is 2.33 bits per heavy atom. The minimum atomic E-state index is 0.255. The number of hydrogen-bond donors (Lipinski definition) is 0. The molecule has 4 nitrogen and oxygen atoms in total. The van der Waals surface area contributed by atoms with E-state index < -0.39 is 0 Å². The van der Waals surface area contributed by atoms with Gasteiger partial charge in [0.25, 0.3) is 0 Å². The van der Waals surface area contributed by atoms with Crippen LogP contribution in [0.25, 0.3) is 0 Å². The Morgan fingerprint density at radius 1 is 1.00 bits per heavy atom. The predicted octanol–water partition coefficient (Wildman–Crippen LogP) is 5.16. The first-order valence-electron chi connectivity index (χ1n) is 11.8. The molecule has 0 spiro atoms. The lowest BCUT2D eigenvalue weighted by atomic mass is 9.85. The average molecular weight is 460 g/mol. The lowest BCUT2D eigenvalue weighted by Gasteiger charge is -2.40. The van der Waals surface area contributed by atoms with Crippen LogP contribution in [0.15, 0.2) is 90.1 Å². The number of thioether (sulfide) groups is 1. The molecule has 1 aliphatic heterocycles. The first-order chi connectivity index (χ1) is 16.2. The van der Waals surface area contributed by atoms with Crippen LogP contribution < -0.4 is 0 Å². The fourth-order valence-corrected chi connectivity index (χ4v) is 5.54. The van der Waals surface area contributed by atoms with Crippen molar-refractivity contribution in [2.75, 3.05) is 25.9 Å². The Morgan fingerprint density at radius 2 is 1.67 bits per heavy atom. The Labute approximate surface area is 202 Å². The van der Waals surface area contributed by atoms with Gasteiger partial charge in [-0.05, 0) is 61.6 Å². The van der Waals surface area contributed by atoms with E-state index in [-0.39, 0.29) is 5.91 Å². The van der Waals surface area contributed by atoms with E-state index in [1.165, 1.54) is 11.1 Å². The van der Waals surface area contributed by atoms with Crippen LogP contribution in [0.2, 0.25) is 0 Å². The van der Waals surface area contributed by atoms with Crippen LogP contribution >= 0.6 is 11.8 Å². The number of hydrogen-bond acceptors (Lipinski definition) is 4. The van der Waals surface area contributed by atoms with Gasteiger partial charge in [-0.25, -0.2) is 0 Å². The maximum Gasteiger partial charge on any atom is 0.232 e. The van der Waals surface area contributed by atoms with Crippen molar-refractivity contribution >= 4 is 17.7 Å². The Balaban J connectivity index is 1.36. The van der Waals surface area contributed by atoms with Crippen LogP contribution in [0.1, 0.15) is 24.0 Å². The van der Waals surface area contributed by atoms with Gasteiger partial charge in [-0.15, -0.1) is 11.8 Å². The molecule has 1 fully saturated rings. The number of likely N-dealkylation sites (tertiary alicyclic amines) is 1. The van der Waals surface area contributed by atoms with E-state index in [2.05, 4.69) is 70.4 Å². The first kappa shape index (κ1) is 23.5. The monoisotopic (exact) mass is 459 g/mol. The second-order valence-electron chi connectivity index (χ2n) is 8.85. The number of likely N-dealkylation sites (N-methyl/N-ethyl adjacent to an activating group) is 1. The number of pyridine rings is 1. The minimum absolute atomic E-state index is 0.255. The van der Waals surface area contributed by atoms with E-state index in [9.17, 15) is 4.79 Å². The molecular formula is C28H33N3OS. The van der Waals surface area contributed by atoms with Gasteiger partial charge >= 0.3 is 0 Å². The molecule has 1 amide bonds. The molecule has 1 aromatic heterocycles. The van der Waals surface area contributed by atoms with E-state index in [4.69, 9.17) is 0 Å². The van der Waals surface area contributed by atoms with Crippen LogP contribution in [-0.2, 0) is 17.8 Å². The molecule has 0 saturated carbocycles. The van der Waals surface area contributed by atoms with Crippen molar-refractivity contribution in [3.05, 3.63) is 96.3 Å². The molecule has 0 aliphatic carbocycles. The molecule has 33 heavy (non-hydrogen) atoms. The zero-order chi connectivity index (χ0) is 22.9. The van der Waals surface area contributed by atoms with Crippen molar-refractivity contribution in [3.8, 4) is 0 Å². The van der Waals surface area contributed by atoms with E-state index in [1.54, 1.807) is 11.8 Å². The average Bonchev–Trinajstić information content (AvgIpc) is 2.88. The van der Waals surface area contributed by atoms with E-state index in [0.29, 0.717) is 17.7 Å². The molecule has 0 N–H and O–H groups in total. The molecule has 3 aromatic rings. The summed E-state index contributed by atoms with van der Waals surface area (Å²) < 4.78 is 0. The van der Waals surface area contributed by atoms with Gasteiger partial charge in [-0.1, -0.05) is 54.6 Å². The fourth-order valence-electron chi connectivity index (χ4n) is 4.72. The molecule has 4 rings (SSSR count). The second-order valence-corrected chi connectivity index (χ2v) is 9.90. The van der Waals surface area contributed by atoms with Gasteiger partial charge in [-0.2, -0.15) is 0 Å². The van der Waals surface area contributed by atoms with Crippen LogP contribution in [0.5, 0.6) is 0 Å². The normalized spacial score (nSPS) is 15.5. The maximum atomic E-state index is 12.8. The summed E-state index contributed by atoms with van der Waals surface area (Å²) >= 11 is 1.63. The lowest BCUT2D eigenvalue weighted by Crippen LogP contribution is -2.46. The third-order valence-electron chi connectivity index (χ3n) is 6.55. The quantitative estimate of drug-likeness (QED) is 0.415. The van der Waals surface area contributed by atoms with E-state index >= 15 is 0 Å². The highest BCUT2D eigenvalue weighted by Gasteiger charge is 2.31. The summed E-state index contributed by atoms with van der Waals surface area (Å²) in [6, 6.07) is 25.6. The number of carbonyl (C=O) groups is 1. The zero-order valence-electron chi connectivity index (χ0n) is 19.3. The summed E-state index contributed by atoms with van der Waals surface area (Å²) in [5.74, 6) is 1.34. The van der Waals surface area contributed by atoms with Gasteiger partial charge in [0.05, 0.1) is 5.75 Å². The summed E-state index contributed by atoms with van der Waals surface area (Å²) in [6.45, 7) is 2.59.